The fraction of sp³-hybridized carbons (Fsp3) is 0.409. The number of rotatable bonds is 5. The number of carbonyl (C=O) groups is 1. The molecule has 2 aromatic carbocycles. The Morgan fingerprint density at radius 1 is 1.19 bits per heavy atom. The maximum Gasteiger partial charge on any atom is 0.238 e. The van der Waals surface area contributed by atoms with E-state index in [2.05, 4.69) is 22.3 Å². The Kier molecular flexibility index (Phi) is 6.45. The van der Waals surface area contributed by atoms with Crippen LogP contribution in [0.25, 0.3) is 0 Å². The van der Waals surface area contributed by atoms with Gasteiger partial charge in [0.15, 0.2) is 0 Å². The van der Waals surface area contributed by atoms with Gasteiger partial charge in [0.25, 0.3) is 0 Å². The van der Waals surface area contributed by atoms with Crippen LogP contribution in [0.2, 0.25) is 0 Å². The normalized spacial score (nSPS) is 18.0. The van der Waals surface area contributed by atoms with E-state index in [0.717, 1.165) is 43.5 Å². The van der Waals surface area contributed by atoms with Gasteiger partial charge in [0.1, 0.15) is 11.6 Å². The second-order valence-electron chi connectivity index (χ2n) is 7.14. The van der Waals surface area contributed by atoms with Crippen molar-refractivity contribution in [2.24, 2.45) is 0 Å². The van der Waals surface area contributed by atoms with Gasteiger partial charge in [-0.25, -0.2) is 4.39 Å². The number of carbonyl (C=O) groups excluding carboxylic acids is 1. The van der Waals surface area contributed by atoms with Crippen molar-refractivity contribution in [2.45, 2.75) is 38.6 Å². The number of nitrogens with one attached hydrogen (secondary N) is 1. The van der Waals surface area contributed by atoms with Gasteiger partial charge in [0, 0.05) is 6.04 Å². The number of aryl methyl sites for hydroxylation is 1. The molecule has 0 unspecified atom stereocenters. The van der Waals surface area contributed by atoms with Crippen molar-refractivity contribution < 1.29 is 13.9 Å². The fourth-order valence-corrected chi connectivity index (χ4v) is 3.66. The number of anilines is 1. The van der Waals surface area contributed by atoms with Gasteiger partial charge in [-0.1, -0.05) is 31.0 Å². The minimum absolute atomic E-state index is 0.182. The van der Waals surface area contributed by atoms with Crippen molar-refractivity contribution in [3.05, 3.63) is 59.4 Å². The highest BCUT2D eigenvalue weighted by Crippen LogP contribution is 2.31. The lowest BCUT2D eigenvalue weighted by atomic mass is 10.0. The summed E-state index contributed by atoms with van der Waals surface area (Å²) >= 11 is 0. The molecule has 1 atom stereocenters. The number of benzene rings is 2. The number of amides is 1. The average molecular weight is 370 g/mol. The van der Waals surface area contributed by atoms with Crippen LogP contribution in [0.3, 0.4) is 0 Å². The molecule has 1 heterocycles. The second kappa shape index (κ2) is 9.00. The van der Waals surface area contributed by atoms with Crippen LogP contribution in [0, 0.1) is 12.7 Å². The van der Waals surface area contributed by atoms with Crippen LogP contribution >= 0.6 is 0 Å². The fourth-order valence-electron chi connectivity index (χ4n) is 3.66. The quantitative estimate of drug-likeness (QED) is 0.830. The number of hydrogen-bond acceptors (Lipinski definition) is 3. The molecule has 1 aliphatic heterocycles. The molecule has 0 aromatic heterocycles. The van der Waals surface area contributed by atoms with Crippen molar-refractivity contribution in [2.75, 3.05) is 25.5 Å². The number of ether oxygens (including phenoxy) is 1. The largest absolute Gasteiger partial charge is 0.497 e. The number of likely N-dealkylation sites (tertiary alicyclic amines) is 1. The zero-order chi connectivity index (χ0) is 19.2. The van der Waals surface area contributed by atoms with Crippen molar-refractivity contribution in [3.8, 4) is 5.75 Å². The summed E-state index contributed by atoms with van der Waals surface area (Å²) in [5.74, 6) is 0.246. The lowest BCUT2D eigenvalue weighted by Gasteiger charge is -2.30. The molecule has 4 nitrogen and oxygen atoms in total. The highest BCUT2D eigenvalue weighted by atomic mass is 19.1. The number of hydrogen-bond donors (Lipinski definition) is 1. The van der Waals surface area contributed by atoms with Crippen LogP contribution in [0.15, 0.2) is 42.5 Å². The standard InChI is InChI=1S/C22H27FN2O2/c1-16-7-12-20(19(23)14-16)24-22(26)15-25-13-5-3-4-6-21(25)17-8-10-18(27-2)11-9-17/h7-12,14,21H,3-6,13,15H2,1-2H3,(H,24,26)/t21-/m1/s1. The van der Waals surface area contributed by atoms with Crippen molar-refractivity contribution in [3.63, 3.8) is 0 Å². The molecule has 2 aromatic rings. The molecule has 1 saturated heterocycles. The third-order valence-electron chi connectivity index (χ3n) is 5.11. The van der Waals surface area contributed by atoms with Gasteiger partial charge in [-0.2, -0.15) is 0 Å². The first kappa shape index (κ1) is 19.4. The van der Waals surface area contributed by atoms with E-state index < -0.39 is 5.82 Å². The van der Waals surface area contributed by atoms with E-state index in [1.54, 1.807) is 19.2 Å². The minimum Gasteiger partial charge on any atom is -0.497 e. The van der Waals surface area contributed by atoms with Crippen molar-refractivity contribution in [1.29, 1.82) is 0 Å². The van der Waals surface area contributed by atoms with E-state index in [9.17, 15) is 9.18 Å². The first-order valence-corrected chi connectivity index (χ1v) is 9.51. The van der Waals surface area contributed by atoms with E-state index in [0.29, 0.717) is 0 Å². The van der Waals surface area contributed by atoms with Crippen LogP contribution in [0.4, 0.5) is 10.1 Å². The summed E-state index contributed by atoms with van der Waals surface area (Å²) in [4.78, 5) is 14.8. The molecule has 144 valence electrons. The van der Waals surface area contributed by atoms with Gasteiger partial charge in [0.2, 0.25) is 5.91 Å². The van der Waals surface area contributed by atoms with Gasteiger partial charge in [-0.05, 0) is 61.7 Å². The van der Waals surface area contributed by atoms with Crippen LogP contribution < -0.4 is 10.1 Å². The van der Waals surface area contributed by atoms with Gasteiger partial charge < -0.3 is 10.1 Å². The molecule has 0 radical (unpaired) electrons. The third-order valence-corrected chi connectivity index (χ3v) is 5.11. The maximum absolute atomic E-state index is 14.0. The third kappa shape index (κ3) is 5.07. The zero-order valence-electron chi connectivity index (χ0n) is 16.0. The summed E-state index contributed by atoms with van der Waals surface area (Å²) in [5.41, 5.74) is 2.26. The van der Waals surface area contributed by atoms with E-state index in [1.165, 1.54) is 11.6 Å². The molecule has 3 rings (SSSR count). The predicted molar refractivity (Wildman–Crippen MR) is 106 cm³/mol. The summed E-state index contributed by atoms with van der Waals surface area (Å²) in [6.45, 7) is 2.94. The van der Waals surface area contributed by atoms with E-state index in [-0.39, 0.29) is 24.2 Å². The molecule has 1 aliphatic rings. The lowest BCUT2D eigenvalue weighted by Crippen LogP contribution is -2.36. The Balaban J connectivity index is 1.71. The minimum atomic E-state index is -0.397. The Hall–Kier alpha value is -2.40. The molecule has 1 fully saturated rings. The Morgan fingerprint density at radius 2 is 1.96 bits per heavy atom. The first-order valence-electron chi connectivity index (χ1n) is 9.51. The Morgan fingerprint density at radius 3 is 2.67 bits per heavy atom. The van der Waals surface area contributed by atoms with Crippen LogP contribution in [-0.2, 0) is 4.79 Å². The predicted octanol–water partition coefficient (Wildman–Crippen LogP) is 4.70. The van der Waals surface area contributed by atoms with Crippen molar-refractivity contribution in [1.82, 2.24) is 4.90 Å². The summed E-state index contributed by atoms with van der Waals surface area (Å²) in [5, 5.41) is 2.72. The molecule has 0 saturated carbocycles. The molecular weight excluding hydrogens is 343 g/mol. The second-order valence-corrected chi connectivity index (χ2v) is 7.14. The molecule has 0 spiro atoms. The van der Waals surface area contributed by atoms with E-state index in [4.69, 9.17) is 4.74 Å². The van der Waals surface area contributed by atoms with Crippen molar-refractivity contribution >= 4 is 11.6 Å². The summed E-state index contributed by atoms with van der Waals surface area (Å²) in [6, 6.07) is 13.1. The van der Waals surface area contributed by atoms with Gasteiger partial charge >= 0.3 is 0 Å². The maximum atomic E-state index is 14.0. The molecule has 27 heavy (non-hydrogen) atoms. The van der Waals surface area contributed by atoms with Gasteiger partial charge in [-0.15, -0.1) is 0 Å². The highest BCUT2D eigenvalue weighted by molar-refractivity contribution is 5.92. The van der Waals surface area contributed by atoms with Crippen LogP contribution in [0.1, 0.15) is 42.9 Å². The molecule has 5 heteroatoms. The average Bonchev–Trinajstić information content (AvgIpc) is 2.89. The first-order chi connectivity index (χ1) is 13.1. The molecular formula is C22H27FN2O2. The molecule has 0 aliphatic carbocycles. The number of methoxy groups -OCH3 is 1. The summed E-state index contributed by atoms with van der Waals surface area (Å²) in [7, 11) is 1.65. The smallest absolute Gasteiger partial charge is 0.238 e. The lowest BCUT2D eigenvalue weighted by molar-refractivity contribution is -0.117. The topological polar surface area (TPSA) is 41.6 Å². The number of nitrogens with zero attached hydrogens (tertiary/aromatic N) is 1. The van der Waals surface area contributed by atoms with Crippen LogP contribution in [-0.4, -0.2) is 31.0 Å². The van der Waals surface area contributed by atoms with Gasteiger partial charge in [-0.3, -0.25) is 9.69 Å². The Labute approximate surface area is 160 Å². The number of halogens is 1. The monoisotopic (exact) mass is 370 g/mol. The summed E-state index contributed by atoms with van der Waals surface area (Å²) in [6.07, 6.45) is 4.39. The van der Waals surface area contributed by atoms with E-state index in [1.807, 2.05) is 19.1 Å². The van der Waals surface area contributed by atoms with E-state index >= 15 is 0 Å². The molecule has 1 amide bonds. The molecule has 1 N–H and O–H groups in total. The van der Waals surface area contributed by atoms with Crippen LogP contribution in [0.5, 0.6) is 5.75 Å². The molecule has 0 bridgehead atoms. The zero-order valence-corrected chi connectivity index (χ0v) is 16.0. The highest BCUT2D eigenvalue weighted by Gasteiger charge is 2.24. The summed E-state index contributed by atoms with van der Waals surface area (Å²) < 4.78 is 19.3. The Bertz CT molecular complexity index is 776. The SMILES string of the molecule is COc1ccc([C@H]2CCCCCN2CC(=O)Nc2ccc(C)cc2F)cc1. The van der Waals surface area contributed by atoms with Gasteiger partial charge in [0.05, 0.1) is 19.3 Å².